The Labute approximate surface area is 124 Å². The van der Waals surface area contributed by atoms with Gasteiger partial charge in [0.05, 0.1) is 20.1 Å². The third-order valence-electron chi connectivity index (χ3n) is 2.45. The van der Waals surface area contributed by atoms with Gasteiger partial charge in [0, 0.05) is 11.1 Å². The van der Waals surface area contributed by atoms with Crippen molar-refractivity contribution >= 4 is 52.7 Å². The smallest absolute Gasteiger partial charge is 0.150 e. The number of aldehydes is 1. The zero-order chi connectivity index (χ0) is 13.3. The molecule has 0 unspecified atom stereocenters. The first kappa shape index (κ1) is 13.7. The van der Waals surface area contributed by atoms with Crippen molar-refractivity contribution in [1.29, 1.82) is 0 Å². The largest absolute Gasteiger partial charge is 0.298 e. The number of carbonyl (C=O) groups is 1. The molecule has 0 aromatic heterocycles. The number of carbonyl (C=O) groups excluding carboxylic acids is 1. The molecule has 0 amide bonds. The SMILES string of the molecule is O=Cc1ccc(-c2c(Cl)c(Cl)cc(Cl)c2Cl)cc1. The van der Waals surface area contributed by atoms with Crippen LogP contribution >= 0.6 is 46.4 Å². The summed E-state index contributed by atoms with van der Waals surface area (Å²) in [4.78, 5) is 10.6. The molecule has 0 bridgehead atoms. The number of hydrogen-bond donors (Lipinski definition) is 0. The first-order valence-electron chi connectivity index (χ1n) is 4.93. The summed E-state index contributed by atoms with van der Waals surface area (Å²) in [7, 11) is 0. The van der Waals surface area contributed by atoms with E-state index in [0.29, 0.717) is 31.2 Å². The van der Waals surface area contributed by atoms with Crippen LogP contribution in [0.5, 0.6) is 0 Å². The number of rotatable bonds is 2. The fourth-order valence-corrected chi connectivity index (χ4v) is 2.58. The van der Waals surface area contributed by atoms with Gasteiger partial charge in [-0.3, -0.25) is 4.79 Å². The highest BCUT2D eigenvalue weighted by Gasteiger charge is 2.15. The van der Waals surface area contributed by atoms with E-state index in [0.717, 1.165) is 11.8 Å². The Morgan fingerprint density at radius 3 is 1.78 bits per heavy atom. The Balaban J connectivity index is 2.65. The van der Waals surface area contributed by atoms with Gasteiger partial charge in [0.2, 0.25) is 0 Å². The maximum atomic E-state index is 10.6. The van der Waals surface area contributed by atoms with Crippen LogP contribution in [0.25, 0.3) is 11.1 Å². The van der Waals surface area contributed by atoms with Crippen LogP contribution in [-0.2, 0) is 0 Å². The van der Waals surface area contributed by atoms with Crippen molar-refractivity contribution in [3.05, 3.63) is 56.0 Å². The van der Waals surface area contributed by atoms with Crippen molar-refractivity contribution in [2.75, 3.05) is 0 Å². The Morgan fingerprint density at radius 1 is 0.833 bits per heavy atom. The van der Waals surface area contributed by atoms with E-state index < -0.39 is 0 Å². The van der Waals surface area contributed by atoms with E-state index in [1.807, 2.05) is 0 Å². The van der Waals surface area contributed by atoms with Crippen LogP contribution in [0.15, 0.2) is 30.3 Å². The standard InChI is InChI=1S/C13H6Cl4O/c14-9-5-10(15)13(17)11(12(9)16)8-3-1-7(6-18)2-4-8/h1-6H. The van der Waals surface area contributed by atoms with Crippen molar-refractivity contribution in [2.45, 2.75) is 0 Å². The van der Waals surface area contributed by atoms with E-state index in [4.69, 9.17) is 46.4 Å². The van der Waals surface area contributed by atoms with Crippen LogP contribution in [0.1, 0.15) is 10.4 Å². The van der Waals surface area contributed by atoms with Gasteiger partial charge in [0.15, 0.2) is 0 Å². The van der Waals surface area contributed by atoms with Crippen molar-refractivity contribution in [2.24, 2.45) is 0 Å². The third kappa shape index (κ3) is 2.50. The summed E-state index contributed by atoms with van der Waals surface area (Å²) in [6, 6.07) is 8.32. The van der Waals surface area contributed by atoms with E-state index >= 15 is 0 Å². The zero-order valence-electron chi connectivity index (χ0n) is 8.88. The van der Waals surface area contributed by atoms with Gasteiger partial charge < -0.3 is 0 Å². The van der Waals surface area contributed by atoms with Gasteiger partial charge in [0.1, 0.15) is 6.29 Å². The number of benzene rings is 2. The summed E-state index contributed by atoms with van der Waals surface area (Å²) < 4.78 is 0. The van der Waals surface area contributed by atoms with E-state index in [1.165, 1.54) is 6.07 Å². The van der Waals surface area contributed by atoms with Crippen LogP contribution < -0.4 is 0 Å². The number of hydrogen-bond acceptors (Lipinski definition) is 1. The lowest BCUT2D eigenvalue weighted by Gasteiger charge is -2.10. The third-order valence-corrected chi connectivity index (χ3v) is 4.02. The highest BCUT2D eigenvalue weighted by molar-refractivity contribution is 6.50. The summed E-state index contributed by atoms with van der Waals surface area (Å²) in [6.07, 6.45) is 0.762. The van der Waals surface area contributed by atoms with Gasteiger partial charge in [-0.2, -0.15) is 0 Å². The molecule has 0 N–H and O–H groups in total. The molecular weight excluding hydrogens is 314 g/mol. The summed E-state index contributed by atoms with van der Waals surface area (Å²) in [5.41, 5.74) is 1.88. The molecule has 1 nitrogen and oxygen atoms in total. The Bertz CT molecular complexity index is 579. The Kier molecular flexibility index (Phi) is 4.18. The van der Waals surface area contributed by atoms with Gasteiger partial charge >= 0.3 is 0 Å². The lowest BCUT2D eigenvalue weighted by molar-refractivity contribution is 0.112. The van der Waals surface area contributed by atoms with Crippen molar-refractivity contribution in [3.63, 3.8) is 0 Å². The minimum atomic E-state index is 0.334. The molecule has 0 aliphatic rings. The molecule has 2 aromatic rings. The summed E-state index contributed by atoms with van der Waals surface area (Å²) in [5, 5.41) is 1.34. The van der Waals surface area contributed by atoms with Gasteiger partial charge in [-0.1, -0.05) is 70.7 Å². The monoisotopic (exact) mass is 318 g/mol. The van der Waals surface area contributed by atoms with Gasteiger partial charge in [0.25, 0.3) is 0 Å². The number of halogens is 4. The second-order valence-corrected chi connectivity index (χ2v) is 5.15. The van der Waals surface area contributed by atoms with Crippen LogP contribution in [0.2, 0.25) is 20.1 Å². The van der Waals surface area contributed by atoms with Crippen LogP contribution in [0.3, 0.4) is 0 Å². The second-order valence-electron chi connectivity index (χ2n) is 3.58. The molecule has 92 valence electrons. The molecule has 2 rings (SSSR count). The fourth-order valence-electron chi connectivity index (χ4n) is 1.55. The normalized spacial score (nSPS) is 10.4. The predicted octanol–water partition coefficient (Wildman–Crippen LogP) is 5.78. The summed E-state index contributed by atoms with van der Waals surface area (Å²) in [6.45, 7) is 0. The molecule has 0 fully saturated rings. The molecule has 0 heterocycles. The quantitative estimate of drug-likeness (QED) is 0.506. The van der Waals surface area contributed by atoms with Gasteiger partial charge in [-0.25, -0.2) is 0 Å². The molecule has 0 radical (unpaired) electrons. The van der Waals surface area contributed by atoms with E-state index in [2.05, 4.69) is 0 Å². The lowest BCUT2D eigenvalue weighted by Crippen LogP contribution is -1.86. The minimum absolute atomic E-state index is 0.334. The van der Waals surface area contributed by atoms with Crippen LogP contribution in [0.4, 0.5) is 0 Å². The summed E-state index contributed by atoms with van der Waals surface area (Å²) in [5.74, 6) is 0. The van der Waals surface area contributed by atoms with Crippen molar-refractivity contribution < 1.29 is 4.79 Å². The summed E-state index contributed by atoms with van der Waals surface area (Å²) >= 11 is 24.2. The Hall–Kier alpha value is -0.730. The fraction of sp³-hybridized carbons (Fsp3) is 0. The maximum absolute atomic E-state index is 10.6. The molecule has 18 heavy (non-hydrogen) atoms. The van der Waals surface area contributed by atoms with Gasteiger partial charge in [-0.05, 0) is 11.6 Å². The molecule has 0 aliphatic carbocycles. The van der Waals surface area contributed by atoms with Crippen molar-refractivity contribution in [3.8, 4) is 11.1 Å². The molecule has 0 spiro atoms. The molecule has 0 aliphatic heterocycles. The predicted molar refractivity (Wildman–Crippen MR) is 77.3 cm³/mol. The lowest BCUT2D eigenvalue weighted by atomic mass is 10.0. The molecule has 5 heteroatoms. The topological polar surface area (TPSA) is 17.1 Å². The first-order chi connectivity index (χ1) is 8.54. The van der Waals surface area contributed by atoms with Gasteiger partial charge in [-0.15, -0.1) is 0 Å². The molecule has 2 aromatic carbocycles. The maximum Gasteiger partial charge on any atom is 0.150 e. The van der Waals surface area contributed by atoms with Crippen LogP contribution in [-0.4, -0.2) is 6.29 Å². The molecular formula is C13H6Cl4O. The van der Waals surface area contributed by atoms with Crippen LogP contribution in [0, 0.1) is 0 Å². The minimum Gasteiger partial charge on any atom is -0.298 e. The highest BCUT2D eigenvalue weighted by Crippen LogP contribution is 2.43. The van der Waals surface area contributed by atoms with E-state index in [9.17, 15) is 4.79 Å². The highest BCUT2D eigenvalue weighted by atomic mass is 35.5. The van der Waals surface area contributed by atoms with E-state index in [-0.39, 0.29) is 0 Å². The molecule has 0 saturated heterocycles. The molecule has 0 atom stereocenters. The molecule has 0 saturated carbocycles. The Morgan fingerprint density at radius 2 is 1.33 bits per heavy atom. The average Bonchev–Trinajstić information content (AvgIpc) is 2.37. The first-order valence-corrected chi connectivity index (χ1v) is 6.44. The average molecular weight is 320 g/mol. The second kappa shape index (κ2) is 5.50. The zero-order valence-corrected chi connectivity index (χ0v) is 11.9. The van der Waals surface area contributed by atoms with E-state index in [1.54, 1.807) is 24.3 Å². The van der Waals surface area contributed by atoms with Crippen molar-refractivity contribution in [1.82, 2.24) is 0 Å².